The normalized spacial score (nSPS) is 18.4. The highest BCUT2D eigenvalue weighted by molar-refractivity contribution is 6.07. The predicted octanol–water partition coefficient (Wildman–Crippen LogP) is -3.05. The standard InChI is InChI=1S/C12H21N7O4/c1-19(9(21)4-6(13)2-3-8(14)20)7-5-16-12(17-10(7)22)18-11(15)23/h6-7H,2-5,13H2,1H3,(H2,14,20)(H4,15,16,17,18,22,23)/t6-,7?/m0/s1. The van der Waals surface area contributed by atoms with Gasteiger partial charge in [-0.1, -0.05) is 0 Å². The van der Waals surface area contributed by atoms with Crippen LogP contribution in [-0.4, -0.2) is 60.3 Å². The third-order valence-electron chi connectivity index (χ3n) is 3.27. The molecule has 2 atom stereocenters. The molecule has 0 aromatic carbocycles. The maximum atomic E-state index is 12.1. The molecule has 0 aromatic heterocycles. The molecule has 0 aromatic rings. The average Bonchev–Trinajstić information content (AvgIpc) is 2.43. The van der Waals surface area contributed by atoms with E-state index in [1.807, 2.05) is 0 Å². The van der Waals surface area contributed by atoms with Gasteiger partial charge in [-0.05, 0) is 6.42 Å². The summed E-state index contributed by atoms with van der Waals surface area (Å²) in [5.74, 6) is -1.40. The molecule has 1 heterocycles. The number of carbonyl (C=O) groups excluding carboxylic acids is 4. The Hall–Kier alpha value is -2.69. The summed E-state index contributed by atoms with van der Waals surface area (Å²) in [5.41, 5.74) is 15.7. The van der Waals surface area contributed by atoms with Gasteiger partial charge in [0.2, 0.25) is 17.8 Å². The van der Waals surface area contributed by atoms with Crippen molar-refractivity contribution in [1.29, 1.82) is 0 Å². The van der Waals surface area contributed by atoms with Crippen molar-refractivity contribution in [1.82, 2.24) is 15.5 Å². The number of hydrogen-bond acceptors (Lipinski definition) is 6. The van der Waals surface area contributed by atoms with Gasteiger partial charge in [-0.2, -0.15) is 0 Å². The molecule has 128 valence electrons. The van der Waals surface area contributed by atoms with Crippen molar-refractivity contribution in [3.05, 3.63) is 0 Å². The Morgan fingerprint density at radius 2 is 2.09 bits per heavy atom. The van der Waals surface area contributed by atoms with Crippen molar-refractivity contribution in [2.75, 3.05) is 13.6 Å². The molecular formula is C12H21N7O4. The Labute approximate surface area is 132 Å². The number of primary amides is 2. The molecule has 23 heavy (non-hydrogen) atoms. The third-order valence-corrected chi connectivity index (χ3v) is 3.27. The minimum atomic E-state index is -0.854. The van der Waals surface area contributed by atoms with Gasteiger partial charge in [0.1, 0.15) is 6.04 Å². The molecule has 1 rings (SSSR count). The topological polar surface area (TPSA) is 186 Å². The van der Waals surface area contributed by atoms with E-state index in [9.17, 15) is 19.2 Å². The van der Waals surface area contributed by atoms with Crippen LogP contribution in [0.4, 0.5) is 4.79 Å². The number of nitrogens with one attached hydrogen (secondary N) is 2. The summed E-state index contributed by atoms with van der Waals surface area (Å²) >= 11 is 0. The van der Waals surface area contributed by atoms with Crippen molar-refractivity contribution < 1.29 is 19.2 Å². The molecule has 11 nitrogen and oxygen atoms in total. The van der Waals surface area contributed by atoms with Crippen LogP contribution in [0.1, 0.15) is 19.3 Å². The molecule has 1 unspecified atom stereocenters. The Morgan fingerprint density at radius 1 is 1.43 bits per heavy atom. The number of guanidine groups is 1. The van der Waals surface area contributed by atoms with Crippen LogP contribution < -0.4 is 27.8 Å². The summed E-state index contributed by atoms with van der Waals surface area (Å²) in [6.07, 6.45) is 0.356. The lowest BCUT2D eigenvalue weighted by Crippen LogP contribution is -2.58. The molecule has 11 heteroatoms. The quantitative estimate of drug-likeness (QED) is 0.346. The first kappa shape index (κ1) is 18.4. The molecule has 0 saturated carbocycles. The van der Waals surface area contributed by atoms with Crippen molar-refractivity contribution in [3.8, 4) is 0 Å². The van der Waals surface area contributed by atoms with Gasteiger partial charge in [0.15, 0.2) is 0 Å². The number of likely N-dealkylation sites (N-methyl/N-ethyl adjacent to an activating group) is 1. The van der Waals surface area contributed by atoms with Crippen LogP contribution in [0.3, 0.4) is 0 Å². The van der Waals surface area contributed by atoms with Crippen LogP contribution in [-0.2, 0) is 14.4 Å². The molecule has 8 N–H and O–H groups in total. The monoisotopic (exact) mass is 327 g/mol. The SMILES string of the molecule is CN(C(=O)C[C@@H](N)CCC(N)=O)C1CN=C(NC(N)=O)NC1=O. The molecule has 0 radical (unpaired) electrons. The molecule has 0 fully saturated rings. The average molecular weight is 327 g/mol. The summed E-state index contributed by atoms with van der Waals surface area (Å²) < 4.78 is 0. The van der Waals surface area contributed by atoms with E-state index < -0.39 is 29.9 Å². The fourth-order valence-electron chi connectivity index (χ4n) is 1.96. The van der Waals surface area contributed by atoms with E-state index in [4.69, 9.17) is 17.2 Å². The summed E-state index contributed by atoms with van der Waals surface area (Å²) in [5, 5.41) is 4.49. The number of amides is 5. The van der Waals surface area contributed by atoms with Gasteiger partial charge in [-0.25, -0.2) is 9.79 Å². The van der Waals surface area contributed by atoms with E-state index >= 15 is 0 Å². The Kier molecular flexibility index (Phi) is 6.45. The molecule has 0 spiro atoms. The Bertz CT molecular complexity index is 534. The summed E-state index contributed by atoms with van der Waals surface area (Å²) in [7, 11) is 1.45. The summed E-state index contributed by atoms with van der Waals surface area (Å²) in [6.45, 7) is -0.0137. The highest BCUT2D eigenvalue weighted by Gasteiger charge is 2.31. The van der Waals surface area contributed by atoms with Crippen LogP contribution in [0.15, 0.2) is 4.99 Å². The van der Waals surface area contributed by atoms with Gasteiger partial charge in [0.05, 0.1) is 6.54 Å². The lowest BCUT2D eigenvalue weighted by Gasteiger charge is -2.30. The largest absolute Gasteiger partial charge is 0.370 e. The van der Waals surface area contributed by atoms with Crippen molar-refractivity contribution in [3.63, 3.8) is 0 Å². The zero-order valence-corrected chi connectivity index (χ0v) is 12.7. The second kappa shape index (κ2) is 8.08. The highest BCUT2D eigenvalue weighted by Crippen LogP contribution is 2.07. The van der Waals surface area contributed by atoms with E-state index in [1.165, 1.54) is 11.9 Å². The molecule has 1 aliphatic heterocycles. The first-order chi connectivity index (χ1) is 10.7. The third kappa shape index (κ3) is 5.90. The predicted molar refractivity (Wildman–Crippen MR) is 80.7 cm³/mol. The number of rotatable bonds is 6. The zero-order valence-electron chi connectivity index (χ0n) is 12.7. The number of hydrogen-bond donors (Lipinski definition) is 5. The van der Waals surface area contributed by atoms with Crippen LogP contribution >= 0.6 is 0 Å². The first-order valence-corrected chi connectivity index (χ1v) is 6.92. The van der Waals surface area contributed by atoms with Gasteiger partial charge in [-0.15, -0.1) is 0 Å². The lowest BCUT2D eigenvalue weighted by molar-refractivity contribution is -0.138. The van der Waals surface area contributed by atoms with E-state index in [-0.39, 0.29) is 37.7 Å². The molecule has 0 saturated heterocycles. The Morgan fingerprint density at radius 3 is 2.61 bits per heavy atom. The van der Waals surface area contributed by atoms with Crippen molar-refractivity contribution in [2.45, 2.75) is 31.3 Å². The number of aliphatic imine (C=N–C) groups is 1. The van der Waals surface area contributed by atoms with Gasteiger partial charge in [-0.3, -0.25) is 25.0 Å². The smallest absolute Gasteiger partial charge is 0.318 e. The van der Waals surface area contributed by atoms with Crippen LogP contribution in [0.5, 0.6) is 0 Å². The van der Waals surface area contributed by atoms with Gasteiger partial charge >= 0.3 is 6.03 Å². The molecule has 0 bridgehead atoms. The van der Waals surface area contributed by atoms with Crippen LogP contribution in [0.25, 0.3) is 0 Å². The molecule has 1 aliphatic rings. The van der Waals surface area contributed by atoms with Crippen LogP contribution in [0.2, 0.25) is 0 Å². The van der Waals surface area contributed by atoms with Crippen molar-refractivity contribution in [2.24, 2.45) is 22.2 Å². The zero-order chi connectivity index (χ0) is 17.6. The second-order valence-electron chi connectivity index (χ2n) is 5.16. The van der Waals surface area contributed by atoms with E-state index in [1.54, 1.807) is 0 Å². The van der Waals surface area contributed by atoms with E-state index in [2.05, 4.69) is 15.6 Å². The minimum Gasteiger partial charge on any atom is -0.370 e. The fourth-order valence-corrected chi connectivity index (χ4v) is 1.96. The molecule has 5 amide bonds. The highest BCUT2D eigenvalue weighted by atomic mass is 16.2. The summed E-state index contributed by atoms with van der Waals surface area (Å²) in [4.78, 5) is 50.6. The number of nitrogens with zero attached hydrogens (tertiary/aromatic N) is 2. The number of nitrogens with two attached hydrogens (primary N) is 3. The second-order valence-corrected chi connectivity index (χ2v) is 5.16. The number of urea groups is 1. The Balaban J connectivity index is 2.56. The van der Waals surface area contributed by atoms with E-state index in [0.717, 1.165) is 0 Å². The number of carbonyl (C=O) groups is 4. The summed E-state index contributed by atoms with van der Waals surface area (Å²) in [6, 6.07) is -2.20. The first-order valence-electron chi connectivity index (χ1n) is 6.92. The minimum absolute atomic E-state index is 0.0137. The van der Waals surface area contributed by atoms with Crippen molar-refractivity contribution >= 4 is 29.7 Å². The van der Waals surface area contributed by atoms with Crippen LogP contribution in [0, 0.1) is 0 Å². The fraction of sp³-hybridized carbons (Fsp3) is 0.583. The lowest BCUT2D eigenvalue weighted by atomic mass is 10.1. The molecular weight excluding hydrogens is 306 g/mol. The maximum absolute atomic E-state index is 12.1. The van der Waals surface area contributed by atoms with Gasteiger partial charge < -0.3 is 22.1 Å². The maximum Gasteiger partial charge on any atom is 0.318 e. The molecule has 0 aliphatic carbocycles. The van der Waals surface area contributed by atoms with E-state index in [0.29, 0.717) is 0 Å². The van der Waals surface area contributed by atoms with Gasteiger partial charge in [0.25, 0.3) is 5.91 Å². The van der Waals surface area contributed by atoms with Gasteiger partial charge in [0, 0.05) is 25.9 Å².